The van der Waals surface area contributed by atoms with Crippen molar-refractivity contribution in [1.82, 2.24) is 13.6 Å². The van der Waals surface area contributed by atoms with Gasteiger partial charge in [-0.1, -0.05) is 45.1 Å². The first-order valence-electron chi connectivity index (χ1n) is 7.84. The van der Waals surface area contributed by atoms with Crippen molar-refractivity contribution in [3.8, 4) is 5.88 Å². The maximum atomic E-state index is 5.83. The van der Waals surface area contributed by atoms with Crippen LogP contribution in [0.4, 0.5) is 0 Å². The first kappa shape index (κ1) is 16.0. The van der Waals surface area contributed by atoms with Crippen molar-refractivity contribution in [3.05, 3.63) is 24.0 Å². The van der Waals surface area contributed by atoms with Gasteiger partial charge in [0.15, 0.2) is 0 Å². The highest BCUT2D eigenvalue weighted by Gasteiger charge is 2.16. The van der Waals surface area contributed by atoms with Crippen LogP contribution < -0.4 is 4.74 Å². The molecule has 0 saturated heterocycles. The van der Waals surface area contributed by atoms with E-state index in [0.717, 1.165) is 25.3 Å². The zero-order valence-electron chi connectivity index (χ0n) is 13.0. The Kier molecular flexibility index (Phi) is 6.73. The molecule has 1 aliphatic rings. The molecular weight excluding hydrogens is 282 g/mol. The normalized spacial score (nSPS) is 14.4. The van der Waals surface area contributed by atoms with Gasteiger partial charge in [0.1, 0.15) is 5.69 Å². The van der Waals surface area contributed by atoms with Crippen molar-refractivity contribution >= 4 is 17.3 Å². The molecule has 1 aliphatic heterocycles. The molecule has 0 fully saturated rings. The molecule has 21 heavy (non-hydrogen) atoms. The standard InChI is InChI=1S/C16H25N3OS/c1-3-4-5-6-7-8-12-20-16-15(17-21-18-16)14-10-9-11-19(2)13-14/h9-11H,3-8,12-13H2,1-2H3. The van der Waals surface area contributed by atoms with Crippen LogP contribution in [-0.2, 0) is 0 Å². The molecule has 1 aromatic rings. The van der Waals surface area contributed by atoms with Gasteiger partial charge in [0.25, 0.3) is 5.88 Å². The minimum Gasteiger partial charge on any atom is -0.475 e. The molecular formula is C16H25N3OS. The minimum absolute atomic E-state index is 0.698. The molecule has 0 amide bonds. The van der Waals surface area contributed by atoms with Crippen LogP contribution in [-0.4, -0.2) is 33.8 Å². The van der Waals surface area contributed by atoms with E-state index in [1.54, 1.807) is 0 Å². The van der Waals surface area contributed by atoms with Gasteiger partial charge in [-0.25, -0.2) is 0 Å². The molecule has 2 heterocycles. The van der Waals surface area contributed by atoms with Crippen molar-refractivity contribution in [2.75, 3.05) is 20.2 Å². The Balaban J connectivity index is 1.76. The number of hydrogen-bond donors (Lipinski definition) is 0. The number of nitrogens with zero attached hydrogens (tertiary/aromatic N) is 3. The molecule has 0 atom stereocenters. The van der Waals surface area contributed by atoms with Gasteiger partial charge in [-0.2, -0.15) is 4.37 Å². The summed E-state index contributed by atoms with van der Waals surface area (Å²) in [5.74, 6) is 0.698. The fraction of sp³-hybridized carbons (Fsp3) is 0.625. The summed E-state index contributed by atoms with van der Waals surface area (Å²) in [5, 5.41) is 0. The second-order valence-corrected chi connectivity index (χ2v) is 6.01. The highest BCUT2D eigenvalue weighted by atomic mass is 32.1. The molecule has 0 saturated carbocycles. The number of unbranched alkanes of at least 4 members (excludes halogenated alkanes) is 5. The summed E-state index contributed by atoms with van der Waals surface area (Å²) in [4.78, 5) is 2.13. The van der Waals surface area contributed by atoms with E-state index in [9.17, 15) is 0 Å². The number of hydrogen-bond acceptors (Lipinski definition) is 5. The van der Waals surface area contributed by atoms with Crippen LogP contribution in [0.1, 0.15) is 51.1 Å². The topological polar surface area (TPSA) is 38.3 Å². The van der Waals surface area contributed by atoms with Crippen molar-refractivity contribution in [2.24, 2.45) is 0 Å². The Bertz CT molecular complexity index is 482. The predicted molar refractivity (Wildman–Crippen MR) is 88.5 cm³/mol. The molecule has 0 spiro atoms. The van der Waals surface area contributed by atoms with Crippen molar-refractivity contribution in [3.63, 3.8) is 0 Å². The van der Waals surface area contributed by atoms with Gasteiger partial charge in [0.05, 0.1) is 18.3 Å². The monoisotopic (exact) mass is 307 g/mol. The van der Waals surface area contributed by atoms with E-state index in [2.05, 4.69) is 39.9 Å². The largest absolute Gasteiger partial charge is 0.475 e. The summed E-state index contributed by atoms with van der Waals surface area (Å²) >= 11 is 1.23. The quantitative estimate of drug-likeness (QED) is 0.643. The zero-order chi connectivity index (χ0) is 14.9. The van der Waals surface area contributed by atoms with Crippen LogP contribution in [0, 0.1) is 0 Å². The smallest absolute Gasteiger partial charge is 0.253 e. The van der Waals surface area contributed by atoms with Crippen LogP contribution >= 0.6 is 11.7 Å². The maximum Gasteiger partial charge on any atom is 0.253 e. The van der Waals surface area contributed by atoms with E-state index in [-0.39, 0.29) is 0 Å². The molecule has 0 aromatic carbocycles. The Hall–Kier alpha value is -1.36. The number of allylic oxidation sites excluding steroid dienone is 2. The Morgan fingerprint density at radius 1 is 1.19 bits per heavy atom. The lowest BCUT2D eigenvalue weighted by Crippen LogP contribution is -2.16. The van der Waals surface area contributed by atoms with E-state index >= 15 is 0 Å². The SMILES string of the molecule is CCCCCCCCOc1nsnc1C1=CC=CN(C)C1. The average molecular weight is 307 g/mol. The lowest BCUT2D eigenvalue weighted by Gasteiger charge is -2.18. The molecule has 0 unspecified atom stereocenters. The summed E-state index contributed by atoms with van der Waals surface area (Å²) in [6.07, 6.45) is 13.8. The van der Waals surface area contributed by atoms with Crippen LogP contribution in [0.25, 0.3) is 5.57 Å². The summed E-state index contributed by atoms with van der Waals surface area (Å²) in [6, 6.07) is 0. The third-order valence-electron chi connectivity index (χ3n) is 3.56. The Labute approximate surface area is 131 Å². The van der Waals surface area contributed by atoms with Crippen molar-refractivity contribution in [2.45, 2.75) is 45.4 Å². The fourth-order valence-corrected chi connectivity index (χ4v) is 2.89. The lowest BCUT2D eigenvalue weighted by atomic mass is 10.1. The first-order chi connectivity index (χ1) is 10.3. The summed E-state index contributed by atoms with van der Waals surface area (Å²) < 4.78 is 14.5. The van der Waals surface area contributed by atoms with Gasteiger partial charge in [-0.05, 0) is 18.7 Å². The van der Waals surface area contributed by atoms with E-state index in [0.29, 0.717) is 5.88 Å². The van der Waals surface area contributed by atoms with Crippen molar-refractivity contribution < 1.29 is 4.74 Å². The number of ether oxygens (including phenoxy) is 1. The van der Waals surface area contributed by atoms with Gasteiger partial charge in [0, 0.05) is 19.2 Å². The minimum atomic E-state index is 0.698. The second kappa shape index (κ2) is 8.82. The van der Waals surface area contributed by atoms with Crippen molar-refractivity contribution in [1.29, 1.82) is 0 Å². The molecule has 0 radical (unpaired) electrons. The van der Waals surface area contributed by atoms with E-state index < -0.39 is 0 Å². The Morgan fingerprint density at radius 3 is 2.81 bits per heavy atom. The van der Waals surface area contributed by atoms with Gasteiger partial charge >= 0.3 is 0 Å². The summed E-state index contributed by atoms with van der Waals surface area (Å²) in [7, 11) is 2.06. The van der Waals surface area contributed by atoms with Gasteiger partial charge in [-0.3, -0.25) is 0 Å². The second-order valence-electron chi connectivity index (χ2n) is 5.48. The fourth-order valence-electron chi connectivity index (χ4n) is 2.36. The highest BCUT2D eigenvalue weighted by Crippen LogP contribution is 2.26. The molecule has 5 heteroatoms. The molecule has 0 N–H and O–H groups in total. The van der Waals surface area contributed by atoms with Gasteiger partial charge < -0.3 is 9.64 Å². The summed E-state index contributed by atoms with van der Waals surface area (Å²) in [6.45, 7) is 3.84. The third-order valence-corrected chi connectivity index (χ3v) is 4.07. The van der Waals surface area contributed by atoms with E-state index in [1.807, 2.05) is 6.08 Å². The zero-order valence-corrected chi connectivity index (χ0v) is 13.9. The van der Waals surface area contributed by atoms with E-state index in [4.69, 9.17) is 4.74 Å². The van der Waals surface area contributed by atoms with Crippen LogP contribution in [0.3, 0.4) is 0 Å². The van der Waals surface area contributed by atoms with Crippen LogP contribution in [0.5, 0.6) is 5.88 Å². The number of likely N-dealkylation sites (N-methyl/N-ethyl adjacent to an activating group) is 1. The molecule has 1 aromatic heterocycles. The third kappa shape index (κ3) is 5.16. The lowest BCUT2D eigenvalue weighted by molar-refractivity contribution is 0.294. The highest BCUT2D eigenvalue weighted by molar-refractivity contribution is 6.99. The predicted octanol–water partition coefficient (Wildman–Crippen LogP) is 4.12. The number of rotatable bonds is 9. The molecule has 0 aliphatic carbocycles. The number of aromatic nitrogens is 2. The Morgan fingerprint density at radius 2 is 2.00 bits per heavy atom. The molecule has 4 nitrogen and oxygen atoms in total. The van der Waals surface area contributed by atoms with Gasteiger partial charge in [-0.15, -0.1) is 4.37 Å². The van der Waals surface area contributed by atoms with E-state index in [1.165, 1.54) is 49.4 Å². The van der Waals surface area contributed by atoms with Crippen LogP contribution in [0.15, 0.2) is 18.4 Å². The molecule has 0 bridgehead atoms. The molecule has 2 rings (SSSR count). The maximum absolute atomic E-state index is 5.83. The average Bonchev–Trinajstić information content (AvgIpc) is 2.95. The van der Waals surface area contributed by atoms with Gasteiger partial charge in [0.2, 0.25) is 0 Å². The van der Waals surface area contributed by atoms with Crippen LogP contribution in [0.2, 0.25) is 0 Å². The molecule has 116 valence electrons. The first-order valence-corrected chi connectivity index (χ1v) is 8.57. The summed E-state index contributed by atoms with van der Waals surface area (Å²) in [5.41, 5.74) is 2.08.